The Hall–Kier alpha value is -0.220. The van der Waals surface area contributed by atoms with Crippen molar-refractivity contribution >= 4 is 0 Å². The van der Waals surface area contributed by atoms with Crippen molar-refractivity contribution in [3.8, 4) is 0 Å². The molecule has 0 spiro atoms. The molecule has 0 radical (unpaired) electrons. The molecule has 0 aliphatic carbocycles. The molecule has 0 heterocycles. The van der Waals surface area contributed by atoms with Crippen LogP contribution in [0, 0.1) is 0 Å². The molecule has 0 bridgehead atoms. The highest BCUT2D eigenvalue weighted by Gasteiger charge is 2.01. The van der Waals surface area contributed by atoms with Gasteiger partial charge in [0.15, 0.2) is 0 Å². The first-order chi connectivity index (χ1) is 5.16. The smallest absolute Gasteiger partial charge is 0.250 e. The summed E-state index contributed by atoms with van der Waals surface area (Å²) in [6.07, 6.45) is -0.590. The van der Waals surface area contributed by atoms with E-state index in [0.717, 1.165) is 12.8 Å². The Morgan fingerprint density at radius 1 is 1.45 bits per heavy atom. The molecule has 0 aliphatic heterocycles. The van der Waals surface area contributed by atoms with Crippen LogP contribution in [0.5, 0.6) is 0 Å². The lowest BCUT2D eigenvalue weighted by Crippen LogP contribution is -2.28. The van der Waals surface area contributed by atoms with Gasteiger partial charge in [0.25, 0.3) is 6.43 Å². The second kappa shape index (κ2) is 6.49. The van der Waals surface area contributed by atoms with Crippen LogP contribution in [0.3, 0.4) is 0 Å². The Morgan fingerprint density at radius 3 is 2.55 bits per heavy atom. The number of nitrogens with two attached hydrogens (primary N) is 1. The Bertz CT molecular complexity index is 88.5. The highest BCUT2D eigenvalue weighted by atomic mass is 19.3. The molecule has 0 aliphatic rings. The van der Waals surface area contributed by atoms with Gasteiger partial charge < -0.3 is 11.1 Å². The summed E-state index contributed by atoms with van der Waals surface area (Å²) in [4.78, 5) is 0. The fraction of sp³-hybridized carbons (Fsp3) is 1.00. The van der Waals surface area contributed by atoms with Gasteiger partial charge in [-0.3, -0.25) is 0 Å². The van der Waals surface area contributed by atoms with Gasteiger partial charge in [-0.15, -0.1) is 0 Å². The lowest BCUT2D eigenvalue weighted by Gasteiger charge is -2.08. The summed E-state index contributed by atoms with van der Waals surface area (Å²) in [7, 11) is 0. The molecular weight excluding hydrogens is 150 g/mol. The molecule has 11 heavy (non-hydrogen) atoms. The molecular formula is C7H16F2N2. The van der Waals surface area contributed by atoms with Crippen LogP contribution in [0.4, 0.5) is 8.78 Å². The summed E-state index contributed by atoms with van der Waals surface area (Å²) >= 11 is 0. The third-order valence-corrected chi connectivity index (χ3v) is 1.51. The minimum absolute atomic E-state index is 0.139. The average Bonchev–Trinajstić information content (AvgIpc) is 1.97. The number of halogens is 2. The fourth-order valence-corrected chi connectivity index (χ4v) is 0.703. The Kier molecular flexibility index (Phi) is 6.36. The van der Waals surface area contributed by atoms with E-state index >= 15 is 0 Å². The third kappa shape index (κ3) is 7.68. The van der Waals surface area contributed by atoms with Crippen molar-refractivity contribution in [2.45, 2.75) is 32.2 Å². The first-order valence-corrected chi connectivity index (χ1v) is 3.91. The number of nitrogens with one attached hydrogen (secondary N) is 1. The third-order valence-electron chi connectivity index (χ3n) is 1.51. The largest absolute Gasteiger partial charge is 0.328 e. The maximum absolute atomic E-state index is 11.5. The molecule has 0 aromatic rings. The zero-order chi connectivity index (χ0) is 8.69. The van der Waals surface area contributed by atoms with Crippen molar-refractivity contribution in [2.75, 3.05) is 13.1 Å². The van der Waals surface area contributed by atoms with E-state index in [0.29, 0.717) is 6.54 Å². The lowest BCUT2D eigenvalue weighted by atomic mass is 10.2. The van der Waals surface area contributed by atoms with Gasteiger partial charge in [0, 0.05) is 6.04 Å². The van der Waals surface area contributed by atoms with Crippen LogP contribution in [0.15, 0.2) is 0 Å². The summed E-state index contributed by atoms with van der Waals surface area (Å²) in [5.41, 5.74) is 5.56. The van der Waals surface area contributed by atoms with E-state index in [1.54, 1.807) is 0 Å². The Balaban J connectivity index is 3.01. The molecule has 68 valence electrons. The van der Waals surface area contributed by atoms with Crippen LogP contribution < -0.4 is 11.1 Å². The molecule has 3 N–H and O–H groups in total. The molecule has 0 saturated heterocycles. The van der Waals surface area contributed by atoms with E-state index < -0.39 is 6.43 Å². The van der Waals surface area contributed by atoms with Gasteiger partial charge in [-0.05, 0) is 19.4 Å². The molecule has 0 amide bonds. The Labute approximate surface area is 66.1 Å². The van der Waals surface area contributed by atoms with Crippen molar-refractivity contribution in [1.82, 2.24) is 5.32 Å². The number of alkyl halides is 2. The number of hydrogen-bond acceptors (Lipinski definition) is 2. The van der Waals surface area contributed by atoms with Crippen LogP contribution >= 0.6 is 0 Å². The van der Waals surface area contributed by atoms with Gasteiger partial charge in [0.2, 0.25) is 0 Å². The lowest BCUT2D eigenvalue weighted by molar-refractivity contribution is 0.146. The summed E-state index contributed by atoms with van der Waals surface area (Å²) in [6, 6.07) is 0.139. The topological polar surface area (TPSA) is 38.0 Å². The quantitative estimate of drug-likeness (QED) is 0.577. The van der Waals surface area contributed by atoms with Gasteiger partial charge >= 0.3 is 0 Å². The SMILES string of the molecule is CCC(N)CCNCC(F)F. The summed E-state index contributed by atoms with van der Waals surface area (Å²) in [6.45, 7) is 2.34. The summed E-state index contributed by atoms with van der Waals surface area (Å²) in [5.74, 6) is 0. The van der Waals surface area contributed by atoms with Crippen LogP contribution in [-0.2, 0) is 0 Å². The molecule has 0 aromatic carbocycles. The minimum atomic E-state index is -2.26. The zero-order valence-corrected chi connectivity index (χ0v) is 6.82. The second-order valence-corrected chi connectivity index (χ2v) is 2.55. The van der Waals surface area contributed by atoms with Gasteiger partial charge in [0.05, 0.1) is 6.54 Å². The molecule has 0 aromatic heterocycles. The maximum atomic E-state index is 11.5. The first kappa shape index (κ1) is 10.8. The summed E-state index contributed by atoms with van der Waals surface area (Å²) in [5, 5.41) is 2.62. The predicted octanol–water partition coefficient (Wildman–Crippen LogP) is 0.969. The van der Waals surface area contributed by atoms with Crippen molar-refractivity contribution in [3.05, 3.63) is 0 Å². The van der Waals surface area contributed by atoms with E-state index in [9.17, 15) is 8.78 Å². The standard InChI is InChI=1S/C7H16F2N2/c1-2-6(10)3-4-11-5-7(8)9/h6-7,11H,2-5,10H2,1H3. The highest BCUT2D eigenvalue weighted by Crippen LogP contribution is 1.92. The normalized spacial score (nSPS) is 13.9. The van der Waals surface area contributed by atoms with E-state index in [1.165, 1.54) is 0 Å². The van der Waals surface area contributed by atoms with E-state index in [4.69, 9.17) is 5.73 Å². The Morgan fingerprint density at radius 2 is 2.09 bits per heavy atom. The highest BCUT2D eigenvalue weighted by molar-refractivity contribution is 4.60. The fourth-order valence-electron chi connectivity index (χ4n) is 0.703. The van der Waals surface area contributed by atoms with E-state index in [2.05, 4.69) is 5.32 Å². The average molecular weight is 166 g/mol. The van der Waals surface area contributed by atoms with Gasteiger partial charge in [-0.25, -0.2) is 8.78 Å². The van der Waals surface area contributed by atoms with Gasteiger partial charge in [-0.2, -0.15) is 0 Å². The van der Waals surface area contributed by atoms with E-state index in [1.807, 2.05) is 6.92 Å². The van der Waals surface area contributed by atoms with Crippen molar-refractivity contribution in [3.63, 3.8) is 0 Å². The first-order valence-electron chi connectivity index (χ1n) is 3.91. The minimum Gasteiger partial charge on any atom is -0.328 e. The number of rotatable bonds is 6. The predicted molar refractivity (Wildman–Crippen MR) is 41.8 cm³/mol. The second-order valence-electron chi connectivity index (χ2n) is 2.55. The van der Waals surface area contributed by atoms with Crippen LogP contribution in [0.2, 0.25) is 0 Å². The zero-order valence-electron chi connectivity index (χ0n) is 6.82. The van der Waals surface area contributed by atoms with E-state index in [-0.39, 0.29) is 12.6 Å². The van der Waals surface area contributed by atoms with Crippen LogP contribution in [0.1, 0.15) is 19.8 Å². The van der Waals surface area contributed by atoms with Crippen LogP contribution in [-0.4, -0.2) is 25.6 Å². The maximum Gasteiger partial charge on any atom is 0.250 e. The molecule has 0 saturated carbocycles. The van der Waals surface area contributed by atoms with Gasteiger partial charge in [-0.1, -0.05) is 6.92 Å². The van der Waals surface area contributed by atoms with Crippen molar-refractivity contribution in [1.29, 1.82) is 0 Å². The molecule has 0 fully saturated rings. The summed E-state index contributed by atoms with van der Waals surface area (Å²) < 4.78 is 23.1. The molecule has 0 rings (SSSR count). The monoisotopic (exact) mass is 166 g/mol. The van der Waals surface area contributed by atoms with Crippen molar-refractivity contribution < 1.29 is 8.78 Å². The van der Waals surface area contributed by atoms with Crippen LogP contribution in [0.25, 0.3) is 0 Å². The molecule has 1 atom stereocenters. The molecule has 2 nitrogen and oxygen atoms in total. The van der Waals surface area contributed by atoms with Gasteiger partial charge in [0.1, 0.15) is 0 Å². The molecule has 1 unspecified atom stereocenters. The van der Waals surface area contributed by atoms with Crippen molar-refractivity contribution in [2.24, 2.45) is 5.73 Å². The molecule has 4 heteroatoms. The number of hydrogen-bond donors (Lipinski definition) is 2.